The first kappa shape index (κ1) is 17.9. The highest BCUT2D eigenvalue weighted by Gasteiger charge is 2.31. The average molecular weight is 361 g/mol. The van der Waals surface area contributed by atoms with Gasteiger partial charge in [0, 0.05) is 54.9 Å². The van der Waals surface area contributed by atoms with E-state index in [1.54, 1.807) is 0 Å². The van der Waals surface area contributed by atoms with Crippen molar-refractivity contribution in [2.24, 2.45) is 11.5 Å². The number of rotatable bonds is 3. The van der Waals surface area contributed by atoms with Gasteiger partial charge in [-0.15, -0.1) is 0 Å². The zero-order valence-electron chi connectivity index (χ0n) is 16.0. The summed E-state index contributed by atoms with van der Waals surface area (Å²) in [6.45, 7) is 0. The molecule has 5 nitrogen and oxygen atoms in total. The molecule has 0 bridgehead atoms. The summed E-state index contributed by atoms with van der Waals surface area (Å²) in [6.07, 6.45) is 4.93. The van der Waals surface area contributed by atoms with E-state index in [9.17, 15) is 0 Å². The predicted molar refractivity (Wildman–Crippen MR) is 112 cm³/mol. The Bertz CT molecular complexity index is 935. The molecule has 1 fully saturated rings. The summed E-state index contributed by atoms with van der Waals surface area (Å²) in [5.74, 6) is 0.168. The van der Waals surface area contributed by atoms with Crippen LogP contribution in [0.1, 0.15) is 30.9 Å². The van der Waals surface area contributed by atoms with E-state index >= 15 is 0 Å². The molecule has 0 spiro atoms. The maximum Gasteiger partial charge on any atom is 0.0742 e. The van der Waals surface area contributed by atoms with Crippen LogP contribution in [0.2, 0.25) is 0 Å². The number of aromatic nitrogens is 2. The molecule has 4 N–H and O–H groups in total. The van der Waals surface area contributed by atoms with Crippen LogP contribution >= 0.6 is 0 Å². The average Bonchev–Trinajstić information content (AvgIpc) is 2.69. The molecule has 0 amide bonds. The second kappa shape index (κ2) is 7.25. The number of nitrogens with zero attached hydrogens (tertiary/aromatic N) is 3. The zero-order valence-corrected chi connectivity index (χ0v) is 16.0. The molecule has 1 saturated carbocycles. The van der Waals surface area contributed by atoms with Crippen LogP contribution in [0.25, 0.3) is 22.2 Å². The Balaban J connectivity index is 1.83. The molecule has 0 radical (unpaired) electrons. The van der Waals surface area contributed by atoms with E-state index in [1.807, 2.05) is 26.4 Å². The lowest BCUT2D eigenvalue weighted by atomic mass is 9.79. The van der Waals surface area contributed by atoms with Gasteiger partial charge < -0.3 is 16.4 Å². The Morgan fingerprint density at radius 2 is 1.81 bits per heavy atom. The van der Waals surface area contributed by atoms with Crippen LogP contribution in [0.15, 0.2) is 48.7 Å². The second-order valence-electron chi connectivity index (χ2n) is 7.68. The molecule has 0 aliphatic heterocycles. The minimum absolute atomic E-state index is 0.0281. The molecule has 3 aromatic rings. The first-order valence-corrected chi connectivity index (χ1v) is 9.59. The molecule has 4 rings (SSSR count). The topological polar surface area (TPSA) is 81.1 Å². The van der Waals surface area contributed by atoms with Crippen molar-refractivity contribution in [2.45, 2.75) is 37.3 Å². The van der Waals surface area contributed by atoms with Crippen molar-refractivity contribution in [1.82, 2.24) is 9.97 Å². The van der Waals surface area contributed by atoms with Crippen molar-refractivity contribution < 1.29 is 0 Å². The van der Waals surface area contributed by atoms with Gasteiger partial charge in [-0.3, -0.25) is 9.97 Å². The minimum Gasteiger partial charge on any atom is -0.378 e. The van der Waals surface area contributed by atoms with Gasteiger partial charge in [0.2, 0.25) is 0 Å². The molecule has 1 aromatic carbocycles. The maximum absolute atomic E-state index is 6.50. The number of pyridine rings is 2. The number of benzene rings is 1. The second-order valence-corrected chi connectivity index (χ2v) is 7.68. The van der Waals surface area contributed by atoms with Crippen LogP contribution in [0.3, 0.4) is 0 Å². The lowest BCUT2D eigenvalue weighted by molar-refractivity contribution is 0.336. The van der Waals surface area contributed by atoms with E-state index in [-0.39, 0.29) is 18.0 Å². The lowest BCUT2D eigenvalue weighted by Crippen LogP contribution is -2.48. The fraction of sp³-hybridized carbons (Fsp3) is 0.364. The summed E-state index contributed by atoms with van der Waals surface area (Å²) >= 11 is 0. The van der Waals surface area contributed by atoms with Crippen molar-refractivity contribution in [3.63, 3.8) is 0 Å². The van der Waals surface area contributed by atoms with Gasteiger partial charge in [0.25, 0.3) is 0 Å². The lowest BCUT2D eigenvalue weighted by Gasteiger charge is -2.34. The van der Waals surface area contributed by atoms with Gasteiger partial charge in [-0.2, -0.15) is 0 Å². The smallest absolute Gasteiger partial charge is 0.0742 e. The summed E-state index contributed by atoms with van der Waals surface area (Å²) in [7, 11) is 4.08. The van der Waals surface area contributed by atoms with Crippen molar-refractivity contribution in [3.05, 3.63) is 54.4 Å². The Kier molecular flexibility index (Phi) is 4.81. The number of anilines is 1. The fourth-order valence-electron chi connectivity index (χ4n) is 4.04. The van der Waals surface area contributed by atoms with Gasteiger partial charge >= 0.3 is 0 Å². The molecule has 27 heavy (non-hydrogen) atoms. The number of hydrogen-bond donors (Lipinski definition) is 2. The van der Waals surface area contributed by atoms with Crippen LogP contribution in [-0.2, 0) is 0 Å². The summed E-state index contributed by atoms with van der Waals surface area (Å²) in [5.41, 5.74) is 18.0. The van der Waals surface area contributed by atoms with E-state index in [4.69, 9.17) is 16.5 Å². The van der Waals surface area contributed by atoms with Gasteiger partial charge in [-0.25, -0.2) is 0 Å². The van der Waals surface area contributed by atoms with E-state index in [1.165, 1.54) is 0 Å². The Morgan fingerprint density at radius 1 is 1.04 bits per heavy atom. The Morgan fingerprint density at radius 3 is 2.56 bits per heavy atom. The van der Waals surface area contributed by atoms with Gasteiger partial charge in [0.05, 0.1) is 16.9 Å². The molecule has 1 aliphatic carbocycles. The number of fused-ring (bicyclic) bond motifs is 1. The van der Waals surface area contributed by atoms with Crippen LogP contribution < -0.4 is 16.4 Å². The van der Waals surface area contributed by atoms with Gasteiger partial charge in [-0.1, -0.05) is 18.6 Å². The molecule has 140 valence electrons. The largest absolute Gasteiger partial charge is 0.378 e. The van der Waals surface area contributed by atoms with E-state index in [0.717, 1.165) is 52.8 Å². The molecule has 2 aromatic heterocycles. The summed E-state index contributed by atoms with van der Waals surface area (Å²) < 4.78 is 0. The standard InChI is InChI=1S/C22H27N5/c1-27(2)15-10-8-14(9-11-15)19-13-20-16(6-4-12-25-20)22(26-19)17-5-3-7-18(23)21(17)24/h4,6,8-13,17-18,21H,3,5,7,23-24H2,1-2H3. The monoisotopic (exact) mass is 361 g/mol. The van der Waals surface area contributed by atoms with Crippen molar-refractivity contribution in [3.8, 4) is 11.3 Å². The number of hydrogen-bond acceptors (Lipinski definition) is 5. The highest BCUT2D eigenvalue weighted by molar-refractivity contribution is 5.85. The zero-order chi connectivity index (χ0) is 19.0. The molecule has 1 aliphatic rings. The van der Waals surface area contributed by atoms with E-state index in [2.05, 4.69) is 46.3 Å². The first-order chi connectivity index (χ1) is 13.0. The molecule has 3 atom stereocenters. The number of nitrogens with two attached hydrogens (primary N) is 2. The quantitative estimate of drug-likeness (QED) is 0.748. The Labute approximate surface area is 160 Å². The predicted octanol–water partition coefficient (Wildman–Crippen LogP) is 3.28. The molecule has 0 saturated heterocycles. The van der Waals surface area contributed by atoms with Crippen LogP contribution in [0.4, 0.5) is 5.69 Å². The first-order valence-electron chi connectivity index (χ1n) is 9.59. The molecular weight excluding hydrogens is 334 g/mol. The normalized spacial score (nSPS) is 22.7. The molecular formula is C22H27N5. The highest BCUT2D eigenvalue weighted by atomic mass is 15.1. The van der Waals surface area contributed by atoms with Crippen LogP contribution in [0.5, 0.6) is 0 Å². The van der Waals surface area contributed by atoms with Gasteiger partial charge in [0.15, 0.2) is 0 Å². The van der Waals surface area contributed by atoms with E-state index in [0.29, 0.717) is 0 Å². The molecule has 2 heterocycles. The fourth-order valence-corrected chi connectivity index (χ4v) is 4.04. The molecule has 3 unspecified atom stereocenters. The van der Waals surface area contributed by atoms with Gasteiger partial charge in [-0.05, 0) is 43.2 Å². The van der Waals surface area contributed by atoms with E-state index < -0.39 is 0 Å². The summed E-state index contributed by atoms with van der Waals surface area (Å²) in [6, 6.07) is 14.5. The SMILES string of the molecule is CN(C)c1ccc(-c2cc3ncccc3c(C3CCCC(N)C3N)n2)cc1. The maximum atomic E-state index is 6.50. The highest BCUT2D eigenvalue weighted by Crippen LogP contribution is 2.36. The Hall–Kier alpha value is -2.50. The third-order valence-electron chi connectivity index (χ3n) is 5.67. The summed E-state index contributed by atoms with van der Waals surface area (Å²) in [5, 5.41) is 1.08. The third kappa shape index (κ3) is 3.40. The minimum atomic E-state index is -0.0685. The van der Waals surface area contributed by atoms with Crippen molar-refractivity contribution >= 4 is 16.6 Å². The van der Waals surface area contributed by atoms with Gasteiger partial charge in [0.1, 0.15) is 0 Å². The third-order valence-corrected chi connectivity index (χ3v) is 5.67. The van der Waals surface area contributed by atoms with Crippen molar-refractivity contribution in [1.29, 1.82) is 0 Å². The van der Waals surface area contributed by atoms with Crippen molar-refractivity contribution in [2.75, 3.05) is 19.0 Å². The summed E-state index contributed by atoms with van der Waals surface area (Å²) in [4.78, 5) is 11.7. The van der Waals surface area contributed by atoms with Crippen LogP contribution in [-0.4, -0.2) is 36.1 Å². The molecule has 5 heteroatoms. The van der Waals surface area contributed by atoms with Crippen LogP contribution in [0, 0.1) is 0 Å².